The van der Waals surface area contributed by atoms with Gasteiger partial charge in [-0.1, -0.05) is 29.8 Å². The molecule has 0 aliphatic heterocycles. The van der Waals surface area contributed by atoms with E-state index in [1.807, 2.05) is 24.3 Å². The third-order valence-electron chi connectivity index (χ3n) is 3.03. The molecule has 2 aromatic carbocycles. The van der Waals surface area contributed by atoms with Crippen LogP contribution in [0.4, 0.5) is 11.4 Å². The predicted octanol–water partition coefficient (Wildman–Crippen LogP) is 3.06. The number of halogens is 1. The Labute approximate surface area is 139 Å². The van der Waals surface area contributed by atoms with E-state index < -0.39 is 5.91 Å². The number of anilines is 2. The average molecular weight is 327 g/mol. The first-order valence-electron chi connectivity index (χ1n) is 6.84. The highest BCUT2D eigenvalue weighted by Gasteiger charge is 2.09. The van der Waals surface area contributed by atoms with Crippen LogP contribution in [0.25, 0.3) is 0 Å². The second-order valence-electron chi connectivity index (χ2n) is 4.72. The molecular weight excluding hydrogens is 312 g/mol. The number of hydrogen-bond acceptors (Lipinski definition) is 4. The summed E-state index contributed by atoms with van der Waals surface area (Å²) in [7, 11) is 0. The Balaban J connectivity index is 1.98. The number of carbonyl (C=O) groups excluding carboxylic acids is 1. The first-order chi connectivity index (χ1) is 11.1. The van der Waals surface area contributed by atoms with Crippen LogP contribution in [0.3, 0.4) is 0 Å². The van der Waals surface area contributed by atoms with Crippen molar-refractivity contribution in [1.29, 1.82) is 5.26 Å². The molecule has 5 nitrogen and oxygen atoms in total. The van der Waals surface area contributed by atoms with Gasteiger partial charge in [0.15, 0.2) is 0 Å². The minimum absolute atomic E-state index is 0.0334. The van der Waals surface area contributed by atoms with Gasteiger partial charge in [-0.15, -0.1) is 0 Å². The van der Waals surface area contributed by atoms with Gasteiger partial charge in [-0.25, -0.2) is 0 Å². The molecule has 4 N–H and O–H groups in total. The van der Waals surface area contributed by atoms with Gasteiger partial charge in [0.1, 0.15) is 11.6 Å². The van der Waals surface area contributed by atoms with Crippen molar-refractivity contribution in [2.45, 2.75) is 6.54 Å². The van der Waals surface area contributed by atoms with Crippen LogP contribution in [0.2, 0.25) is 5.02 Å². The number of carbonyl (C=O) groups is 1. The Bertz CT molecular complexity index is 763. The Morgan fingerprint density at radius 3 is 2.57 bits per heavy atom. The molecule has 0 spiro atoms. The maximum absolute atomic E-state index is 12.0. The number of nitrogens with two attached hydrogens (primary N) is 1. The third-order valence-corrected chi connectivity index (χ3v) is 3.40. The summed E-state index contributed by atoms with van der Waals surface area (Å²) in [4.78, 5) is 12.0. The van der Waals surface area contributed by atoms with Gasteiger partial charge in [-0.2, -0.15) is 5.26 Å². The van der Waals surface area contributed by atoms with Crippen LogP contribution in [-0.2, 0) is 11.3 Å². The van der Waals surface area contributed by atoms with E-state index in [0.29, 0.717) is 22.9 Å². The second kappa shape index (κ2) is 7.87. The van der Waals surface area contributed by atoms with Gasteiger partial charge in [0, 0.05) is 29.1 Å². The zero-order chi connectivity index (χ0) is 16.7. The lowest BCUT2D eigenvalue weighted by Gasteiger charge is -2.06. The summed E-state index contributed by atoms with van der Waals surface area (Å²) in [6.45, 7) is 0.417. The summed E-state index contributed by atoms with van der Waals surface area (Å²) in [5.41, 5.74) is 7.59. The Morgan fingerprint density at radius 2 is 1.91 bits per heavy atom. The van der Waals surface area contributed by atoms with Crippen LogP contribution in [0.5, 0.6) is 0 Å². The zero-order valence-corrected chi connectivity index (χ0v) is 13.0. The lowest BCUT2D eigenvalue weighted by molar-refractivity contribution is -0.112. The molecule has 6 heteroatoms. The molecule has 0 fully saturated rings. The van der Waals surface area contributed by atoms with Crippen molar-refractivity contribution in [2.24, 2.45) is 0 Å². The standard InChI is InChI=1S/C17H15ClN4O/c18-16-4-2-1-3-12(16)10-21-11-13(9-19)17(23)22-15-7-5-14(20)6-8-15/h1-8,11,21H,10,20H2,(H,22,23)/b13-11-. The summed E-state index contributed by atoms with van der Waals surface area (Å²) in [6.07, 6.45) is 1.37. The van der Waals surface area contributed by atoms with Gasteiger partial charge in [-0.05, 0) is 35.9 Å². The topological polar surface area (TPSA) is 90.9 Å². The molecule has 2 aromatic rings. The Hall–Kier alpha value is -2.97. The number of benzene rings is 2. The number of hydrogen-bond donors (Lipinski definition) is 3. The van der Waals surface area contributed by atoms with Gasteiger partial charge < -0.3 is 16.4 Å². The van der Waals surface area contributed by atoms with Crippen molar-refractivity contribution >= 4 is 28.9 Å². The molecule has 0 saturated carbocycles. The van der Waals surface area contributed by atoms with E-state index >= 15 is 0 Å². The van der Waals surface area contributed by atoms with Crippen LogP contribution in [0, 0.1) is 11.3 Å². The van der Waals surface area contributed by atoms with Crippen molar-refractivity contribution in [2.75, 3.05) is 11.1 Å². The number of nitriles is 1. The highest BCUT2D eigenvalue weighted by Crippen LogP contribution is 2.14. The Kier molecular flexibility index (Phi) is 5.61. The molecule has 0 aliphatic rings. The maximum Gasteiger partial charge on any atom is 0.267 e. The number of nitrogens with one attached hydrogen (secondary N) is 2. The largest absolute Gasteiger partial charge is 0.399 e. The number of rotatable bonds is 5. The first kappa shape index (κ1) is 16.4. The minimum Gasteiger partial charge on any atom is -0.399 e. The van der Waals surface area contributed by atoms with Crippen molar-refractivity contribution in [3.8, 4) is 6.07 Å². The Morgan fingerprint density at radius 1 is 1.22 bits per heavy atom. The molecule has 0 saturated heterocycles. The number of nitrogen functional groups attached to an aromatic ring is 1. The highest BCUT2D eigenvalue weighted by atomic mass is 35.5. The number of nitrogens with zero attached hydrogens (tertiary/aromatic N) is 1. The average Bonchev–Trinajstić information content (AvgIpc) is 2.55. The highest BCUT2D eigenvalue weighted by molar-refractivity contribution is 6.31. The normalized spacial score (nSPS) is 10.7. The summed E-state index contributed by atoms with van der Waals surface area (Å²) < 4.78 is 0. The monoisotopic (exact) mass is 326 g/mol. The van der Waals surface area contributed by atoms with E-state index in [1.54, 1.807) is 30.3 Å². The lowest BCUT2D eigenvalue weighted by atomic mass is 10.2. The van der Waals surface area contributed by atoms with Crippen LogP contribution in [0.15, 0.2) is 60.3 Å². The first-order valence-corrected chi connectivity index (χ1v) is 7.22. The molecular formula is C17H15ClN4O. The van der Waals surface area contributed by atoms with Gasteiger partial charge >= 0.3 is 0 Å². The number of amides is 1. The molecule has 23 heavy (non-hydrogen) atoms. The molecule has 1 amide bonds. The summed E-state index contributed by atoms with van der Waals surface area (Å²) in [5.74, 6) is -0.496. The van der Waals surface area contributed by atoms with E-state index in [1.165, 1.54) is 6.20 Å². The van der Waals surface area contributed by atoms with E-state index in [-0.39, 0.29) is 5.57 Å². The van der Waals surface area contributed by atoms with E-state index in [9.17, 15) is 4.79 Å². The fourth-order valence-electron chi connectivity index (χ4n) is 1.82. The van der Waals surface area contributed by atoms with Crippen molar-refractivity contribution in [1.82, 2.24) is 5.32 Å². The molecule has 0 aliphatic carbocycles. The molecule has 0 aromatic heterocycles. The molecule has 0 atom stereocenters. The predicted molar refractivity (Wildman–Crippen MR) is 91.5 cm³/mol. The molecule has 116 valence electrons. The summed E-state index contributed by atoms with van der Waals surface area (Å²) in [5, 5.41) is 15.3. The van der Waals surface area contributed by atoms with Crippen molar-refractivity contribution in [3.05, 3.63) is 70.9 Å². The SMILES string of the molecule is N#C/C(=C/NCc1ccccc1Cl)C(=O)Nc1ccc(N)cc1. The van der Waals surface area contributed by atoms with Gasteiger partial charge in [-0.3, -0.25) is 4.79 Å². The zero-order valence-electron chi connectivity index (χ0n) is 12.2. The van der Waals surface area contributed by atoms with Crippen LogP contribution in [-0.4, -0.2) is 5.91 Å². The van der Waals surface area contributed by atoms with E-state index in [0.717, 1.165) is 5.56 Å². The fourth-order valence-corrected chi connectivity index (χ4v) is 2.02. The quantitative estimate of drug-likeness (QED) is 0.447. The van der Waals surface area contributed by atoms with Gasteiger partial charge in [0.25, 0.3) is 5.91 Å². The molecule has 0 unspecified atom stereocenters. The molecule has 0 bridgehead atoms. The van der Waals surface area contributed by atoms with Gasteiger partial charge in [0.2, 0.25) is 0 Å². The van der Waals surface area contributed by atoms with Crippen LogP contribution in [0.1, 0.15) is 5.56 Å². The van der Waals surface area contributed by atoms with E-state index in [2.05, 4.69) is 10.6 Å². The van der Waals surface area contributed by atoms with Gasteiger partial charge in [0.05, 0.1) is 0 Å². The van der Waals surface area contributed by atoms with E-state index in [4.69, 9.17) is 22.6 Å². The molecule has 2 rings (SSSR count). The van der Waals surface area contributed by atoms with Crippen LogP contribution < -0.4 is 16.4 Å². The summed E-state index contributed by atoms with van der Waals surface area (Å²) in [6, 6.07) is 15.9. The molecule has 0 radical (unpaired) electrons. The van der Waals surface area contributed by atoms with Crippen molar-refractivity contribution in [3.63, 3.8) is 0 Å². The fraction of sp³-hybridized carbons (Fsp3) is 0.0588. The second-order valence-corrected chi connectivity index (χ2v) is 5.13. The maximum atomic E-state index is 12.0. The van der Waals surface area contributed by atoms with Crippen LogP contribution >= 0.6 is 11.6 Å². The minimum atomic E-state index is -0.496. The summed E-state index contributed by atoms with van der Waals surface area (Å²) >= 11 is 6.04. The third kappa shape index (κ3) is 4.77. The van der Waals surface area contributed by atoms with Crippen molar-refractivity contribution < 1.29 is 4.79 Å². The lowest BCUT2D eigenvalue weighted by Crippen LogP contribution is -2.16. The smallest absolute Gasteiger partial charge is 0.267 e. The molecule has 0 heterocycles.